The second-order valence-corrected chi connectivity index (χ2v) is 6.47. The lowest BCUT2D eigenvalue weighted by atomic mass is 9.80. The summed E-state index contributed by atoms with van der Waals surface area (Å²) in [6.07, 6.45) is 3.53. The van der Waals surface area contributed by atoms with Gasteiger partial charge in [0.1, 0.15) is 5.82 Å². The van der Waals surface area contributed by atoms with Crippen LogP contribution in [0.25, 0.3) is 0 Å². The molecule has 1 saturated heterocycles. The number of nitrogens with zero attached hydrogens (tertiary/aromatic N) is 2. The molecule has 7 nitrogen and oxygen atoms in total. The zero-order valence-electron chi connectivity index (χ0n) is 12.5. The maximum Gasteiger partial charge on any atom is 0.315 e. The van der Waals surface area contributed by atoms with Gasteiger partial charge in [-0.3, -0.25) is 4.79 Å². The molecular weight excluding hydrogens is 320 g/mol. The van der Waals surface area contributed by atoms with Crippen LogP contribution in [0, 0.1) is 5.92 Å². The molecule has 0 spiro atoms. The Bertz CT molecular complexity index is 606. The lowest BCUT2D eigenvalue weighted by Crippen LogP contribution is -2.52. The van der Waals surface area contributed by atoms with Gasteiger partial charge in [0.05, 0.1) is 10.9 Å². The number of carbonyl (C=O) groups is 2. The quantitative estimate of drug-likeness (QED) is 0.773. The number of hydrogen-bond donors (Lipinski definition) is 3. The number of carboxylic acids is 1. The number of urea groups is 1. The zero-order chi connectivity index (χ0) is 16.4. The van der Waals surface area contributed by atoms with Gasteiger partial charge >= 0.3 is 12.0 Å². The minimum absolute atomic E-state index is 0.0309. The van der Waals surface area contributed by atoms with E-state index in [0.717, 1.165) is 18.8 Å². The summed E-state index contributed by atoms with van der Waals surface area (Å²) in [7, 11) is 0. The second-order valence-electron chi connectivity index (χ2n) is 6.06. The highest BCUT2D eigenvalue weighted by Gasteiger charge is 2.35. The van der Waals surface area contributed by atoms with E-state index < -0.39 is 5.97 Å². The minimum atomic E-state index is -0.790. The van der Waals surface area contributed by atoms with Gasteiger partial charge in [0.2, 0.25) is 0 Å². The maximum atomic E-state index is 12.0. The molecule has 23 heavy (non-hydrogen) atoms. The Kier molecular flexibility index (Phi) is 4.56. The molecule has 1 unspecified atom stereocenters. The molecule has 2 aliphatic rings. The monoisotopic (exact) mass is 338 g/mol. The fourth-order valence-electron chi connectivity index (χ4n) is 3.03. The number of nitrogens with one attached hydrogen (secondary N) is 2. The highest BCUT2D eigenvalue weighted by Crippen LogP contribution is 2.28. The van der Waals surface area contributed by atoms with Crippen molar-refractivity contribution in [3.8, 4) is 0 Å². The highest BCUT2D eigenvalue weighted by molar-refractivity contribution is 6.32. The van der Waals surface area contributed by atoms with Crippen LogP contribution < -0.4 is 15.5 Å². The molecule has 2 amide bonds. The van der Waals surface area contributed by atoms with Crippen molar-refractivity contribution in [2.45, 2.75) is 31.3 Å². The van der Waals surface area contributed by atoms with Crippen molar-refractivity contribution < 1.29 is 14.7 Å². The average Bonchev–Trinajstić information content (AvgIpc) is 2.90. The molecule has 1 aromatic heterocycles. The normalized spacial score (nSPS) is 26.5. The Hall–Kier alpha value is -2.02. The van der Waals surface area contributed by atoms with Crippen molar-refractivity contribution in [3.63, 3.8) is 0 Å². The van der Waals surface area contributed by atoms with Gasteiger partial charge in [-0.2, -0.15) is 0 Å². The van der Waals surface area contributed by atoms with Gasteiger partial charge in [-0.1, -0.05) is 11.6 Å². The predicted molar refractivity (Wildman–Crippen MR) is 85.7 cm³/mol. The Morgan fingerprint density at radius 3 is 2.74 bits per heavy atom. The van der Waals surface area contributed by atoms with Crippen molar-refractivity contribution in [2.75, 3.05) is 18.0 Å². The van der Waals surface area contributed by atoms with E-state index in [1.165, 1.54) is 0 Å². The molecule has 1 aromatic rings. The summed E-state index contributed by atoms with van der Waals surface area (Å²) in [6.45, 7) is 1.44. The maximum absolute atomic E-state index is 12.0. The number of halogens is 1. The van der Waals surface area contributed by atoms with E-state index in [1.54, 1.807) is 18.3 Å². The Labute approximate surface area is 139 Å². The zero-order valence-corrected chi connectivity index (χ0v) is 13.3. The predicted octanol–water partition coefficient (Wildman–Crippen LogP) is 1.48. The van der Waals surface area contributed by atoms with E-state index >= 15 is 0 Å². The molecule has 1 atom stereocenters. The lowest BCUT2D eigenvalue weighted by Gasteiger charge is -2.33. The van der Waals surface area contributed by atoms with Gasteiger partial charge in [0, 0.05) is 31.4 Å². The minimum Gasteiger partial charge on any atom is -0.481 e. The van der Waals surface area contributed by atoms with Gasteiger partial charge in [-0.15, -0.1) is 0 Å². The average molecular weight is 339 g/mol. The number of anilines is 1. The fraction of sp³-hybridized carbons (Fsp3) is 0.533. The van der Waals surface area contributed by atoms with Crippen LogP contribution in [0.3, 0.4) is 0 Å². The summed E-state index contributed by atoms with van der Waals surface area (Å²) in [5, 5.41) is 15.2. The fourth-order valence-corrected chi connectivity index (χ4v) is 3.27. The number of hydrogen-bond acceptors (Lipinski definition) is 4. The van der Waals surface area contributed by atoms with Crippen LogP contribution in [0.2, 0.25) is 5.02 Å². The summed E-state index contributed by atoms with van der Waals surface area (Å²) >= 11 is 6.14. The van der Waals surface area contributed by atoms with E-state index in [1.807, 2.05) is 0 Å². The SMILES string of the molecule is O=C(NC1CC(C(=O)O)C1)NC1CCN(c2ncccc2Cl)C1. The summed E-state index contributed by atoms with van der Waals surface area (Å²) in [5.41, 5.74) is 0. The van der Waals surface area contributed by atoms with Crippen LogP contribution in [0.1, 0.15) is 19.3 Å². The summed E-state index contributed by atoms with van der Waals surface area (Å²) in [6, 6.07) is 3.33. The number of aromatic nitrogens is 1. The van der Waals surface area contributed by atoms with Crippen molar-refractivity contribution in [1.29, 1.82) is 0 Å². The molecule has 0 aromatic carbocycles. The number of rotatable bonds is 4. The Morgan fingerprint density at radius 2 is 2.04 bits per heavy atom. The molecular formula is C15H19ClN4O3. The van der Waals surface area contributed by atoms with Gasteiger partial charge in [0.25, 0.3) is 0 Å². The molecule has 0 bridgehead atoms. The number of aliphatic carboxylic acids is 1. The highest BCUT2D eigenvalue weighted by atomic mass is 35.5. The molecule has 124 valence electrons. The van der Waals surface area contributed by atoms with Crippen LogP contribution in [-0.2, 0) is 4.79 Å². The van der Waals surface area contributed by atoms with E-state index in [9.17, 15) is 9.59 Å². The number of carbonyl (C=O) groups excluding carboxylic acids is 1. The molecule has 2 fully saturated rings. The second kappa shape index (κ2) is 6.62. The summed E-state index contributed by atoms with van der Waals surface area (Å²) in [4.78, 5) is 29.0. The Morgan fingerprint density at radius 1 is 1.30 bits per heavy atom. The van der Waals surface area contributed by atoms with Crippen LogP contribution in [-0.4, -0.2) is 47.3 Å². The summed E-state index contributed by atoms with van der Waals surface area (Å²) in [5.74, 6) is -0.377. The van der Waals surface area contributed by atoms with Gasteiger partial charge in [-0.25, -0.2) is 9.78 Å². The van der Waals surface area contributed by atoms with Crippen molar-refractivity contribution in [3.05, 3.63) is 23.4 Å². The van der Waals surface area contributed by atoms with Gasteiger partial charge in [0.15, 0.2) is 0 Å². The first kappa shape index (κ1) is 15.9. The standard InChI is InChI=1S/C15H19ClN4O3/c16-12-2-1-4-17-13(12)20-5-3-10(8-20)18-15(23)19-11-6-9(7-11)14(21)22/h1-2,4,9-11H,3,5-8H2,(H,21,22)(H2,18,19,23). The third-order valence-corrected chi connectivity index (χ3v) is 4.68. The first-order valence-electron chi connectivity index (χ1n) is 7.68. The molecule has 3 N–H and O–H groups in total. The van der Waals surface area contributed by atoms with Gasteiger partial charge < -0.3 is 20.6 Å². The van der Waals surface area contributed by atoms with Crippen LogP contribution in [0.5, 0.6) is 0 Å². The number of pyridine rings is 1. The van der Waals surface area contributed by atoms with E-state index in [-0.39, 0.29) is 24.0 Å². The van der Waals surface area contributed by atoms with Crippen molar-refractivity contribution in [2.24, 2.45) is 5.92 Å². The smallest absolute Gasteiger partial charge is 0.315 e. The third kappa shape index (κ3) is 3.67. The van der Waals surface area contributed by atoms with E-state index in [4.69, 9.17) is 16.7 Å². The van der Waals surface area contributed by atoms with Crippen LogP contribution in [0.4, 0.5) is 10.6 Å². The lowest BCUT2D eigenvalue weighted by molar-refractivity contribution is -0.145. The molecule has 3 rings (SSSR count). The Balaban J connectivity index is 1.44. The molecule has 1 saturated carbocycles. The van der Waals surface area contributed by atoms with E-state index in [2.05, 4.69) is 20.5 Å². The first-order valence-corrected chi connectivity index (χ1v) is 8.06. The third-order valence-electron chi connectivity index (χ3n) is 4.38. The largest absolute Gasteiger partial charge is 0.481 e. The van der Waals surface area contributed by atoms with Crippen LogP contribution >= 0.6 is 11.6 Å². The summed E-state index contributed by atoms with van der Waals surface area (Å²) < 4.78 is 0. The van der Waals surface area contributed by atoms with E-state index in [0.29, 0.717) is 24.4 Å². The van der Waals surface area contributed by atoms with Gasteiger partial charge in [-0.05, 0) is 31.4 Å². The molecule has 2 heterocycles. The molecule has 1 aliphatic heterocycles. The number of carboxylic acid groups (broad SMARTS) is 1. The first-order chi connectivity index (χ1) is 11.0. The number of amides is 2. The van der Waals surface area contributed by atoms with Crippen LogP contribution in [0.15, 0.2) is 18.3 Å². The topological polar surface area (TPSA) is 94.6 Å². The van der Waals surface area contributed by atoms with Crippen molar-refractivity contribution in [1.82, 2.24) is 15.6 Å². The molecule has 0 radical (unpaired) electrons. The molecule has 1 aliphatic carbocycles. The molecule has 8 heteroatoms. The van der Waals surface area contributed by atoms with Crippen molar-refractivity contribution >= 4 is 29.4 Å².